The zero-order valence-corrected chi connectivity index (χ0v) is 13.5. The van der Waals surface area contributed by atoms with Crippen molar-refractivity contribution in [1.82, 2.24) is 10.2 Å². The highest BCUT2D eigenvalue weighted by Crippen LogP contribution is 2.25. The summed E-state index contributed by atoms with van der Waals surface area (Å²) >= 11 is 0. The van der Waals surface area contributed by atoms with E-state index in [-0.39, 0.29) is 0 Å². The van der Waals surface area contributed by atoms with Crippen LogP contribution in [0.15, 0.2) is 0 Å². The highest BCUT2D eigenvalue weighted by Gasteiger charge is 2.25. The van der Waals surface area contributed by atoms with E-state index in [1.54, 1.807) is 7.11 Å². The Bertz CT molecular complexity index is 221. The van der Waals surface area contributed by atoms with E-state index < -0.39 is 0 Å². The molecule has 3 nitrogen and oxygen atoms in total. The third-order valence-electron chi connectivity index (χ3n) is 4.41. The van der Waals surface area contributed by atoms with E-state index in [1.165, 1.54) is 38.6 Å². The molecule has 3 heteroatoms. The third kappa shape index (κ3) is 6.24. The van der Waals surface area contributed by atoms with Gasteiger partial charge in [-0.25, -0.2) is 0 Å². The van der Waals surface area contributed by atoms with Crippen LogP contribution in [-0.4, -0.2) is 50.3 Å². The molecule has 0 bridgehead atoms. The Balaban J connectivity index is 2.55. The molecule has 19 heavy (non-hydrogen) atoms. The van der Waals surface area contributed by atoms with Crippen molar-refractivity contribution >= 4 is 0 Å². The van der Waals surface area contributed by atoms with Gasteiger partial charge in [0.05, 0.1) is 6.61 Å². The first-order valence-electron chi connectivity index (χ1n) is 8.15. The van der Waals surface area contributed by atoms with Crippen LogP contribution in [0.3, 0.4) is 0 Å². The van der Waals surface area contributed by atoms with Crippen molar-refractivity contribution in [3.63, 3.8) is 0 Å². The van der Waals surface area contributed by atoms with Crippen molar-refractivity contribution in [2.75, 3.05) is 33.4 Å². The van der Waals surface area contributed by atoms with Crippen LogP contribution in [0.1, 0.15) is 52.9 Å². The van der Waals surface area contributed by atoms with Crippen molar-refractivity contribution in [1.29, 1.82) is 0 Å². The maximum Gasteiger partial charge on any atom is 0.0589 e. The molecular weight excluding hydrogens is 236 g/mol. The Hall–Kier alpha value is -0.120. The Morgan fingerprint density at radius 3 is 2.58 bits per heavy atom. The fraction of sp³-hybridized carbons (Fsp3) is 1.00. The van der Waals surface area contributed by atoms with Crippen molar-refractivity contribution in [3.05, 3.63) is 0 Å². The summed E-state index contributed by atoms with van der Waals surface area (Å²) < 4.78 is 5.25. The number of hydrogen-bond donors (Lipinski definition) is 1. The zero-order chi connectivity index (χ0) is 14.1. The monoisotopic (exact) mass is 270 g/mol. The molecule has 1 rings (SSSR count). The van der Waals surface area contributed by atoms with Gasteiger partial charge in [0.2, 0.25) is 0 Å². The molecule has 2 atom stereocenters. The van der Waals surface area contributed by atoms with E-state index in [1.807, 2.05) is 0 Å². The van der Waals surface area contributed by atoms with Crippen LogP contribution < -0.4 is 5.32 Å². The Morgan fingerprint density at radius 1 is 1.21 bits per heavy atom. The topological polar surface area (TPSA) is 24.5 Å². The lowest BCUT2D eigenvalue weighted by molar-refractivity contribution is 0.107. The fourth-order valence-corrected chi connectivity index (χ4v) is 3.20. The number of rotatable bonds is 8. The Kier molecular flexibility index (Phi) is 8.67. The molecule has 0 amide bonds. The van der Waals surface area contributed by atoms with Crippen LogP contribution in [0.25, 0.3) is 0 Å². The van der Waals surface area contributed by atoms with Crippen LogP contribution in [0.5, 0.6) is 0 Å². The first-order chi connectivity index (χ1) is 9.19. The number of hydrogen-bond acceptors (Lipinski definition) is 3. The van der Waals surface area contributed by atoms with E-state index in [2.05, 4.69) is 31.0 Å². The molecular formula is C16H34N2O. The average Bonchev–Trinajstić information content (AvgIpc) is 2.60. The van der Waals surface area contributed by atoms with Gasteiger partial charge >= 0.3 is 0 Å². The van der Waals surface area contributed by atoms with Crippen LogP contribution in [0.2, 0.25) is 0 Å². The van der Waals surface area contributed by atoms with Crippen LogP contribution >= 0.6 is 0 Å². The lowest BCUT2D eigenvalue weighted by atomic mass is 9.93. The van der Waals surface area contributed by atoms with E-state index >= 15 is 0 Å². The summed E-state index contributed by atoms with van der Waals surface area (Å²) in [6.45, 7) is 11.1. The summed E-state index contributed by atoms with van der Waals surface area (Å²) in [5, 5.41) is 3.72. The molecule has 0 aromatic rings. The van der Waals surface area contributed by atoms with Crippen molar-refractivity contribution < 1.29 is 4.74 Å². The second-order valence-electron chi connectivity index (χ2n) is 6.14. The van der Waals surface area contributed by atoms with Crippen LogP contribution in [0, 0.1) is 5.92 Å². The molecule has 2 unspecified atom stereocenters. The minimum absolute atomic E-state index is 0.612. The highest BCUT2D eigenvalue weighted by atomic mass is 16.5. The van der Waals surface area contributed by atoms with Gasteiger partial charge in [-0.15, -0.1) is 0 Å². The maximum absolute atomic E-state index is 5.25. The lowest BCUT2D eigenvalue weighted by Crippen LogP contribution is -2.45. The molecule has 0 saturated heterocycles. The molecule has 0 radical (unpaired) electrons. The zero-order valence-electron chi connectivity index (χ0n) is 13.5. The van der Waals surface area contributed by atoms with Crippen molar-refractivity contribution in [2.45, 2.75) is 65.0 Å². The molecule has 1 aliphatic rings. The first kappa shape index (κ1) is 16.9. The summed E-state index contributed by atoms with van der Waals surface area (Å²) in [4.78, 5) is 2.59. The molecule has 0 spiro atoms. The van der Waals surface area contributed by atoms with Crippen LogP contribution in [0.4, 0.5) is 0 Å². The van der Waals surface area contributed by atoms with Gasteiger partial charge < -0.3 is 10.1 Å². The van der Waals surface area contributed by atoms with Crippen LogP contribution in [-0.2, 0) is 4.74 Å². The molecule has 114 valence electrons. The lowest BCUT2D eigenvalue weighted by Gasteiger charge is -2.34. The Labute approximate surface area is 120 Å². The van der Waals surface area contributed by atoms with E-state index in [0.29, 0.717) is 6.04 Å². The summed E-state index contributed by atoms with van der Waals surface area (Å²) in [5.74, 6) is 0.807. The van der Waals surface area contributed by atoms with Gasteiger partial charge in [-0.1, -0.05) is 26.2 Å². The van der Waals surface area contributed by atoms with Gasteiger partial charge in [0, 0.05) is 32.3 Å². The fourth-order valence-electron chi connectivity index (χ4n) is 3.20. The first-order valence-corrected chi connectivity index (χ1v) is 8.15. The van der Waals surface area contributed by atoms with Gasteiger partial charge in [0.1, 0.15) is 0 Å². The largest absolute Gasteiger partial charge is 0.383 e. The van der Waals surface area contributed by atoms with Gasteiger partial charge in [-0.05, 0) is 39.2 Å². The molecule has 0 aromatic heterocycles. The minimum atomic E-state index is 0.612. The van der Waals surface area contributed by atoms with Gasteiger partial charge in [0.25, 0.3) is 0 Å². The standard InChI is InChI=1S/C16H34N2O/c1-5-17-16-10-8-6-7-9-15(16)13-18(14(2)3)11-12-19-4/h14-17H,5-13H2,1-4H3. The molecule has 0 heterocycles. The van der Waals surface area contributed by atoms with Gasteiger partial charge in [0.15, 0.2) is 0 Å². The van der Waals surface area contributed by atoms with Crippen molar-refractivity contribution in [3.8, 4) is 0 Å². The molecule has 1 saturated carbocycles. The maximum atomic E-state index is 5.25. The number of nitrogens with one attached hydrogen (secondary N) is 1. The van der Waals surface area contributed by atoms with Gasteiger partial charge in [-0.2, -0.15) is 0 Å². The molecule has 1 N–H and O–H groups in total. The number of nitrogens with zero attached hydrogens (tertiary/aromatic N) is 1. The van der Waals surface area contributed by atoms with E-state index in [0.717, 1.165) is 31.7 Å². The quantitative estimate of drug-likeness (QED) is 0.686. The predicted octanol–water partition coefficient (Wildman–Crippen LogP) is 2.90. The number of methoxy groups -OCH3 is 1. The molecule has 0 aliphatic heterocycles. The van der Waals surface area contributed by atoms with Gasteiger partial charge in [-0.3, -0.25) is 4.90 Å². The summed E-state index contributed by atoms with van der Waals surface area (Å²) in [6.07, 6.45) is 6.96. The normalized spacial score (nSPS) is 24.9. The summed E-state index contributed by atoms with van der Waals surface area (Å²) in [5.41, 5.74) is 0. The minimum Gasteiger partial charge on any atom is -0.383 e. The predicted molar refractivity (Wildman–Crippen MR) is 82.6 cm³/mol. The highest BCUT2D eigenvalue weighted by molar-refractivity contribution is 4.82. The van der Waals surface area contributed by atoms with E-state index in [4.69, 9.17) is 4.74 Å². The SMILES string of the molecule is CCNC1CCCCCC1CN(CCOC)C(C)C. The van der Waals surface area contributed by atoms with E-state index in [9.17, 15) is 0 Å². The second-order valence-corrected chi connectivity index (χ2v) is 6.14. The summed E-state index contributed by atoms with van der Waals surface area (Å²) in [6, 6.07) is 1.33. The average molecular weight is 270 g/mol. The molecule has 0 aromatic carbocycles. The Morgan fingerprint density at radius 2 is 1.95 bits per heavy atom. The molecule has 1 aliphatic carbocycles. The smallest absolute Gasteiger partial charge is 0.0589 e. The summed E-state index contributed by atoms with van der Waals surface area (Å²) in [7, 11) is 1.80. The second kappa shape index (κ2) is 9.73. The van der Waals surface area contributed by atoms with Crippen molar-refractivity contribution in [2.24, 2.45) is 5.92 Å². The third-order valence-corrected chi connectivity index (χ3v) is 4.41. The number of ether oxygens (including phenoxy) is 1. The molecule has 1 fully saturated rings.